The van der Waals surface area contributed by atoms with Gasteiger partial charge in [0.1, 0.15) is 6.26 Å². The Morgan fingerprint density at radius 1 is 1.50 bits per heavy atom. The van der Waals surface area contributed by atoms with E-state index in [4.69, 9.17) is 4.42 Å². The lowest BCUT2D eigenvalue weighted by Crippen LogP contribution is -1.78. The average molecular weight is 198 g/mol. The van der Waals surface area contributed by atoms with Crippen LogP contribution in [0.2, 0.25) is 0 Å². The maximum Gasteiger partial charge on any atom is 0.255 e. The van der Waals surface area contributed by atoms with E-state index in [0.29, 0.717) is 5.22 Å². The van der Waals surface area contributed by atoms with Crippen molar-refractivity contribution in [1.29, 1.82) is 0 Å². The summed E-state index contributed by atoms with van der Waals surface area (Å²) in [6.45, 7) is 0. The lowest BCUT2D eigenvalue weighted by Gasteiger charge is -1.90. The van der Waals surface area contributed by atoms with Gasteiger partial charge >= 0.3 is 0 Å². The van der Waals surface area contributed by atoms with Crippen molar-refractivity contribution in [3.8, 4) is 0 Å². The fraction of sp³-hybridized carbons (Fsp3) is 0.143. The summed E-state index contributed by atoms with van der Waals surface area (Å²) in [5.74, 6) is 0.823. The van der Waals surface area contributed by atoms with Gasteiger partial charge < -0.3 is 4.42 Å². The van der Waals surface area contributed by atoms with Crippen molar-refractivity contribution in [2.75, 3.05) is 0 Å². The Bertz CT molecular complexity index is 283. The fourth-order valence-electron chi connectivity index (χ4n) is 0.726. The zero-order valence-electron chi connectivity index (χ0n) is 6.14. The van der Waals surface area contributed by atoms with Crippen LogP contribution in [0.1, 0.15) is 5.69 Å². The molecule has 12 heavy (non-hydrogen) atoms. The lowest BCUT2D eigenvalue weighted by molar-refractivity contribution is 0.454. The van der Waals surface area contributed by atoms with Gasteiger partial charge in [-0.25, -0.2) is 9.97 Å². The number of rotatable bonds is 3. The van der Waals surface area contributed by atoms with Gasteiger partial charge in [-0.05, 0) is 0 Å². The standard InChI is InChI=1S/C7H6N2OS2/c1-2-10-7(8-1)12-4-6-3-11-5-9-6/h1-3,5H,4H2. The monoisotopic (exact) mass is 198 g/mol. The van der Waals surface area contributed by atoms with E-state index < -0.39 is 0 Å². The molecule has 2 aromatic rings. The quantitative estimate of drug-likeness (QED) is 0.710. The van der Waals surface area contributed by atoms with E-state index in [9.17, 15) is 0 Å². The molecule has 0 saturated carbocycles. The van der Waals surface area contributed by atoms with Gasteiger partial charge in [0.15, 0.2) is 0 Å². The molecule has 0 saturated heterocycles. The summed E-state index contributed by atoms with van der Waals surface area (Å²) in [5, 5.41) is 2.72. The smallest absolute Gasteiger partial charge is 0.255 e. The molecular weight excluding hydrogens is 192 g/mol. The third-order valence-corrected chi connectivity index (χ3v) is 2.76. The van der Waals surface area contributed by atoms with Crippen LogP contribution >= 0.6 is 23.1 Å². The predicted octanol–water partition coefficient (Wildman–Crippen LogP) is 2.42. The van der Waals surface area contributed by atoms with Gasteiger partial charge in [0.25, 0.3) is 5.22 Å². The van der Waals surface area contributed by atoms with Gasteiger partial charge in [-0.15, -0.1) is 11.3 Å². The highest BCUT2D eigenvalue weighted by Crippen LogP contribution is 2.20. The molecule has 0 atom stereocenters. The Labute approximate surface area is 77.9 Å². The number of hydrogen-bond acceptors (Lipinski definition) is 5. The molecular formula is C7H6N2OS2. The van der Waals surface area contributed by atoms with Gasteiger partial charge in [-0.2, -0.15) is 0 Å². The van der Waals surface area contributed by atoms with Gasteiger partial charge in [0, 0.05) is 11.1 Å². The first kappa shape index (κ1) is 7.82. The van der Waals surface area contributed by atoms with Crippen LogP contribution in [0.25, 0.3) is 0 Å². The Kier molecular flexibility index (Phi) is 2.43. The zero-order valence-corrected chi connectivity index (χ0v) is 7.77. The molecule has 0 radical (unpaired) electrons. The highest BCUT2D eigenvalue weighted by atomic mass is 32.2. The minimum absolute atomic E-state index is 0.697. The first-order valence-corrected chi connectivity index (χ1v) is 5.27. The average Bonchev–Trinajstić information content (AvgIpc) is 2.74. The second-order valence-corrected chi connectivity index (χ2v) is 3.71. The van der Waals surface area contributed by atoms with E-state index in [2.05, 4.69) is 9.97 Å². The van der Waals surface area contributed by atoms with Crippen molar-refractivity contribution in [2.45, 2.75) is 11.0 Å². The van der Waals surface area contributed by atoms with Crippen molar-refractivity contribution in [3.63, 3.8) is 0 Å². The van der Waals surface area contributed by atoms with Gasteiger partial charge in [-0.3, -0.25) is 0 Å². The number of thiazole rings is 1. The van der Waals surface area contributed by atoms with E-state index in [-0.39, 0.29) is 0 Å². The summed E-state index contributed by atoms with van der Waals surface area (Å²) < 4.78 is 5.06. The van der Waals surface area contributed by atoms with E-state index >= 15 is 0 Å². The number of oxazole rings is 1. The molecule has 5 heteroatoms. The molecule has 3 nitrogen and oxygen atoms in total. The summed E-state index contributed by atoms with van der Waals surface area (Å²) in [7, 11) is 0. The van der Waals surface area contributed by atoms with Gasteiger partial charge in [0.05, 0.1) is 17.4 Å². The molecule has 0 amide bonds. The third-order valence-electron chi connectivity index (χ3n) is 1.24. The Morgan fingerprint density at radius 2 is 2.50 bits per heavy atom. The first-order valence-electron chi connectivity index (χ1n) is 3.34. The third kappa shape index (κ3) is 1.86. The normalized spacial score (nSPS) is 10.3. The molecule has 2 rings (SSSR count). The van der Waals surface area contributed by atoms with Crippen LogP contribution in [-0.4, -0.2) is 9.97 Å². The molecule has 0 aliphatic rings. The maximum atomic E-state index is 5.06. The number of aromatic nitrogens is 2. The van der Waals surface area contributed by atoms with Crippen molar-refractivity contribution < 1.29 is 4.42 Å². The second kappa shape index (κ2) is 3.73. The van der Waals surface area contributed by atoms with Gasteiger partial charge in [-0.1, -0.05) is 11.8 Å². The summed E-state index contributed by atoms with van der Waals surface area (Å²) in [4.78, 5) is 8.13. The van der Waals surface area contributed by atoms with E-state index in [1.807, 2.05) is 10.9 Å². The Hall–Kier alpha value is -0.810. The molecule has 2 heterocycles. The minimum atomic E-state index is 0.697. The molecule has 0 aromatic carbocycles. The SMILES string of the molecule is c1coc(SCc2cscn2)n1. The maximum absolute atomic E-state index is 5.06. The highest BCUT2D eigenvalue weighted by molar-refractivity contribution is 7.98. The Balaban J connectivity index is 1.91. The fourth-order valence-corrected chi connectivity index (χ4v) is 2.08. The van der Waals surface area contributed by atoms with E-state index in [1.54, 1.807) is 35.6 Å². The largest absolute Gasteiger partial charge is 0.440 e. The Morgan fingerprint density at radius 3 is 3.17 bits per heavy atom. The van der Waals surface area contributed by atoms with E-state index in [0.717, 1.165) is 11.4 Å². The van der Waals surface area contributed by atoms with Crippen LogP contribution in [0.15, 0.2) is 33.0 Å². The molecule has 0 aliphatic carbocycles. The second-order valence-electron chi connectivity index (χ2n) is 2.07. The molecule has 0 spiro atoms. The summed E-state index contributed by atoms with van der Waals surface area (Å²) >= 11 is 3.15. The van der Waals surface area contributed by atoms with Crippen LogP contribution in [0.4, 0.5) is 0 Å². The van der Waals surface area contributed by atoms with Crippen LogP contribution in [0.5, 0.6) is 0 Å². The topological polar surface area (TPSA) is 38.9 Å². The summed E-state index contributed by atoms with van der Waals surface area (Å²) in [6, 6.07) is 0. The number of thioether (sulfide) groups is 1. The molecule has 0 fully saturated rings. The molecule has 0 aliphatic heterocycles. The summed E-state index contributed by atoms with van der Waals surface area (Å²) in [6.07, 6.45) is 3.22. The highest BCUT2D eigenvalue weighted by Gasteiger charge is 2.00. The lowest BCUT2D eigenvalue weighted by atomic mass is 10.6. The van der Waals surface area contributed by atoms with Crippen LogP contribution in [0, 0.1) is 0 Å². The molecule has 0 bridgehead atoms. The van der Waals surface area contributed by atoms with Crippen molar-refractivity contribution in [3.05, 3.63) is 29.0 Å². The first-order chi connectivity index (χ1) is 5.95. The number of hydrogen-bond donors (Lipinski definition) is 0. The van der Waals surface area contributed by atoms with E-state index in [1.165, 1.54) is 0 Å². The van der Waals surface area contributed by atoms with Crippen molar-refractivity contribution in [1.82, 2.24) is 9.97 Å². The molecule has 62 valence electrons. The van der Waals surface area contributed by atoms with Gasteiger partial charge in [0.2, 0.25) is 0 Å². The summed E-state index contributed by atoms with van der Waals surface area (Å²) in [5.41, 5.74) is 2.90. The molecule has 0 N–H and O–H groups in total. The van der Waals surface area contributed by atoms with Crippen LogP contribution < -0.4 is 0 Å². The van der Waals surface area contributed by atoms with Crippen molar-refractivity contribution >= 4 is 23.1 Å². The zero-order chi connectivity index (χ0) is 8.23. The molecule has 0 unspecified atom stereocenters. The minimum Gasteiger partial charge on any atom is -0.440 e. The van der Waals surface area contributed by atoms with Crippen LogP contribution in [-0.2, 0) is 5.75 Å². The number of nitrogens with zero attached hydrogens (tertiary/aromatic N) is 2. The predicted molar refractivity (Wildman–Crippen MR) is 48.2 cm³/mol. The van der Waals surface area contributed by atoms with Crippen molar-refractivity contribution in [2.24, 2.45) is 0 Å². The molecule has 2 aromatic heterocycles. The van der Waals surface area contributed by atoms with Crippen LogP contribution in [0.3, 0.4) is 0 Å².